The predicted octanol–water partition coefficient (Wildman–Crippen LogP) is 2.39. The summed E-state index contributed by atoms with van der Waals surface area (Å²) in [5.41, 5.74) is -1.53. The molecule has 0 amide bonds. The molecule has 33 heteroatoms. The Kier molecular flexibility index (Phi) is 12.8. The van der Waals surface area contributed by atoms with Gasteiger partial charge in [-0.15, -0.1) is 0 Å². The molecule has 5 aromatic rings. The number of sulfone groups is 1. The molecule has 1 heterocycles. The zero-order valence-electron chi connectivity index (χ0n) is 30.9. The van der Waals surface area contributed by atoms with Crippen molar-refractivity contribution in [3.05, 3.63) is 88.0 Å². The van der Waals surface area contributed by atoms with E-state index in [1.54, 1.807) is 0 Å². The van der Waals surface area contributed by atoms with Crippen molar-refractivity contribution < 1.29 is 82.2 Å². The number of carbonyl (C=O) groups is 1. The first-order chi connectivity index (χ1) is 29.4. The van der Waals surface area contributed by atoms with Crippen LogP contribution in [-0.2, 0) is 64.9 Å². The number of fused-ring (bicyclic) bond motifs is 2. The summed E-state index contributed by atoms with van der Waals surface area (Å²) in [6.07, 6.45) is 0.549. The zero-order valence-corrected chi connectivity index (χ0v) is 36.6. The number of nitrogens with one attached hydrogen (secondary N) is 3. The van der Waals surface area contributed by atoms with Crippen molar-refractivity contribution in [2.75, 3.05) is 28.4 Å². The molecule has 340 valence electrons. The SMILES string of the molecule is O=C1/C(=N\Nc2ccc3c(S(=O)(=O)O)cccc3c2S(=O)(=O)O)C(S(=O)(=O)O)=Cc2cc(S(=O)(=O)O)cc(Nc3nc(Cl)nc(Nc4ccc(S(=O)(=O)CCOS(=O)(=O)O)cc4)n3)c21. The summed E-state index contributed by atoms with van der Waals surface area (Å²) in [5, 5.41) is 7.37. The molecule has 0 spiro atoms. The number of benzene rings is 4. The standard InChI is InChI=1S/C31H24ClN7O19S6/c32-29-35-30(33-16-4-6-17(7-5-16)59(41,42)11-10-58-64(55,56)57)37-31(36-29)34-22-14-18(60(43,44)45)12-15-13-24(62(49,50)51)26(27(40)25(15)22)39-38-21-9-8-19-20(28(21)63(52,53)54)2-1-3-23(19)61(46,47)48/h1-9,12-14,38H,10-11H2,(H,43,44,45)(H,46,47,48)(H,49,50,51)(H,52,53,54)(H,55,56,57)(H2,33,34,35,36,37)/b39-26-. The van der Waals surface area contributed by atoms with Crippen LogP contribution in [0.4, 0.5) is 29.0 Å². The van der Waals surface area contributed by atoms with Crippen LogP contribution in [0.3, 0.4) is 0 Å². The Bertz CT molecular complexity index is 3570. The fraction of sp³-hybridized carbons (Fsp3) is 0.0645. The average molecular weight is 1030 g/mol. The molecule has 0 saturated heterocycles. The maximum absolute atomic E-state index is 14.2. The lowest BCUT2D eigenvalue weighted by Gasteiger charge is -2.21. The highest BCUT2D eigenvalue weighted by Crippen LogP contribution is 2.37. The molecule has 0 bridgehead atoms. The second-order valence-electron chi connectivity index (χ2n) is 12.6. The van der Waals surface area contributed by atoms with E-state index in [1.165, 1.54) is 12.1 Å². The van der Waals surface area contributed by atoms with Crippen LogP contribution in [-0.4, -0.2) is 112 Å². The van der Waals surface area contributed by atoms with E-state index < -0.39 is 149 Å². The molecule has 0 saturated carbocycles. The molecule has 4 aromatic carbocycles. The van der Waals surface area contributed by atoms with Gasteiger partial charge in [-0.3, -0.25) is 33.0 Å². The van der Waals surface area contributed by atoms with Gasteiger partial charge in [-0.1, -0.05) is 18.2 Å². The lowest BCUT2D eigenvalue weighted by molar-refractivity contribution is 0.106. The second-order valence-corrected chi connectivity index (χ2v) is 21.7. The molecule has 0 aliphatic heterocycles. The predicted molar refractivity (Wildman–Crippen MR) is 222 cm³/mol. The fourth-order valence-electron chi connectivity index (χ4n) is 5.83. The highest BCUT2D eigenvalue weighted by molar-refractivity contribution is 7.91. The molecule has 0 atom stereocenters. The summed E-state index contributed by atoms with van der Waals surface area (Å²) in [7, 11) is -30.0. The number of hydrazone groups is 1. The van der Waals surface area contributed by atoms with Gasteiger partial charge in [0.05, 0.1) is 39.1 Å². The van der Waals surface area contributed by atoms with Crippen LogP contribution < -0.4 is 16.1 Å². The van der Waals surface area contributed by atoms with E-state index in [-0.39, 0.29) is 16.5 Å². The average Bonchev–Trinajstić information content (AvgIpc) is 3.14. The molecule has 1 aliphatic rings. The summed E-state index contributed by atoms with van der Waals surface area (Å²) < 4.78 is 198. The van der Waals surface area contributed by atoms with Crippen LogP contribution in [0.1, 0.15) is 15.9 Å². The van der Waals surface area contributed by atoms with Gasteiger partial charge in [0, 0.05) is 16.5 Å². The van der Waals surface area contributed by atoms with E-state index in [0.717, 1.165) is 42.5 Å². The number of aromatic nitrogens is 3. The van der Waals surface area contributed by atoms with Crippen molar-refractivity contribution in [1.82, 2.24) is 15.0 Å². The van der Waals surface area contributed by atoms with Crippen molar-refractivity contribution in [1.29, 1.82) is 0 Å². The normalized spacial score (nSPS) is 14.6. The molecule has 64 heavy (non-hydrogen) atoms. The van der Waals surface area contributed by atoms with Crippen molar-refractivity contribution in [2.24, 2.45) is 5.10 Å². The number of halogens is 1. The van der Waals surface area contributed by atoms with E-state index in [2.05, 4.69) is 40.3 Å². The minimum atomic E-state index is -5.49. The Morgan fingerprint density at radius 3 is 1.88 bits per heavy atom. The van der Waals surface area contributed by atoms with Crippen molar-refractivity contribution in [3.63, 3.8) is 0 Å². The Labute approximate surface area is 366 Å². The quantitative estimate of drug-likeness (QED) is 0.0551. The van der Waals surface area contributed by atoms with Crippen molar-refractivity contribution >= 4 is 130 Å². The van der Waals surface area contributed by atoms with E-state index in [9.17, 15) is 73.5 Å². The maximum atomic E-state index is 14.2. The molecule has 1 aliphatic carbocycles. The Hall–Kier alpha value is -5.62. The van der Waals surface area contributed by atoms with Gasteiger partial charge in [-0.25, -0.2) is 12.6 Å². The summed E-state index contributed by atoms with van der Waals surface area (Å²) >= 11 is 6.10. The number of anilines is 5. The van der Waals surface area contributed by atoms with Gasteiger partial charge in [-0.05, 0) is 71.8 Å². The van der Waals surface area contributed by atoms with E-state index >= 15 is 0 Å². The van der Waals surface area contributed by atoms with Gasteiger partial charge in [-0.2, -0.15) is 62.1 Å². The highest BCUT2D eigenvalue weighted by atomic mass is 35.5. The van der Waals surface area contributed by atoms with E-state index in [0.29, 0.717) is 18.2 Å². The lowest BCUT2D eigenvalue weighted by Crippen LogP contribution is -2.28. The smallest absolute Gasteiger partial charge is 0.324 e. The molecule has 0 radical (unpaired) electrons. The van der Waals surface area contributed by atoms with Crippen LogP contribution in [0, 0.1) is 0 Å². The van der Waals surface area contributed by atoms with Crippen LogP contribution in [0.15, 0.2) is 96.3 Å². The second kappa shape index (κ2) is 17.1. The minimum absolute atomic E-state index is 0.112. The third kappa shape index (κ3) is 10.8. The summed E-state index contributed by atoms with van der Waals surface area (Å²) in [6, 6.07) is 10.7. The van der Waals surface area contributed by atoms with Crippen LogP contribution in [0.2, 0.25) is 5.28 Å². The van der Waals surface area contributed by atoms with Gasteiger partial charge in [0.15, 0.2) is 15.5 Å². The largest absolute Gasteiger partial charge is 0.397 e. The number of Topliss-reactive ketones (excluding diaryl/α,β-unsaturated/α-hetero) is 1. The number of rotatable bonds is 15. The summed E-state index contributed by atoms with van der Waals surface area (Å²) in [6.45, 7) is -0.890. The number of allylic oxidation sites excluding steroid dienone is 1. The lowest BCUT2D eigenvalue weighted by atomic mass is 9.93. The first-order valence-corrected chi connectivity index (χ1v) is 25.7. The van der Waals surface area contributed by atoms with Crippen molar-refractivity contribution in [2.45, 2.75) is 19.6 Å². The molecule has 6 rings (SSSR count). The molecular weight excluding hydrogens is 1000 g/mol. The number of hydrogen-bond acceptors (Lipinski definition) is 21. The summed E-state index contributed by atoms with van der Waals surface area (Å²) in [5.74, 6) is -3.22. The molecule has 1 aromatic heterocycles. The van der Waals surface area contributed by atoms with Gasteiger partial charge in [0.1, 0.15) is 14.7 Å². The Morgan fingerprint density at radius 1 is 0.656 bits per heavy atom. The third-order valence-electron chi connectivity index (χ3n) is 8.38. The maximum Gasteiger partial charge on any atom is 0.397 e. The number of carbonyl (C=O) groups excluding carboxylic acids is 1. The third-order valence-corrected chi connectivity index (χ3v) is 14.3. The van der Waals surface area contributed by atoms with Crippen LogP contribution >= 0.6 is 11.6 Å². The van der Waals surface area contributed by atoms with Crippen LogP contribution in [0.25, 0.3) is 16.8 Å². The first kappa shape index (κ1) is 47.8. The van der Waals surface area contributed by atoms with E-state index in [4.69, 9.17) is 16.2 Å². The molecule has 8 N–H and O–H groups in total. The number of ketones is 1. The number of nitrogens with zero attached hydrogens (tertiary/aromatic N) is 4. The fourth-order valence-corrected chi connectivity index (χ4v) is 10.2. The molecule has 0 unspecified atom stereocenters. The summed E-state index contributed by atoms with van der Waals surface area (Å²) in [4.78, 5) is 21.6. The topological polar surface area (TPSA) is 419 Å². The van der Waals surface area contributed by atoms with Crippen LogP contribution in [0.5, 0.6) is 0 Å². The first-order valence-electron chi connectivity index (χ1n) is 16.6. The molecular formula is C31H24ClN7O19S6. The van der Waals surface area contributed by atoms with Gasteiger partial charge in [0.25, 0.3) is 40.5 Å². The van der Waals surface area contributed by atoms with Gasteiger partial charge >= 0.3 is 10.4 Å². The van der Waals surface area contributed by atoms with Gasteiger partial charge in [0.2, 0.25) is 23.0 Å². The monoisotopic (exact) mass is 1020 g/mol. The van der Waals surface area contributed by atoms with Crippen molar-refractivity contribution in [3.8, 4) is 0 Å². The number of hydrogen-bond donors (Lipinski definition) is 8. The Morgan fingerprint density at radius 2 is 1.30 bits per heavy atom. The highest BCUT2D eigenvalue weighted by Gasteiger charge is 2.36. The van der Waals surface area contributed by atoms with Gasteiger partial charge < -0.3 is 10.6 Å². The molecule has 26 nitrogen and oxygen atoms in total. The Balaban J connectivity index is 1.40. The zero-order chi connectivity index (χ0) is 47.4. The van der Waals surface area contributed by atoms with E-state index in [1.807, 2.05) is 0 Å². The minimum Gasteiger partial charge on any atom is -0.324 e. The molecule has 0 fully saturated rings.